The van der Waals surface area contributed by atoms with Gasteiger partial charge in [-0.15, -0.1) is 0 Å². The lowest BCUT2D eigenvalue weighted by molar-refractivity contribution is -0.135. The van der Waals surface area contributed by atoms with Crippen LogP contribution < -0.4 is 5.32 Å². The van der Waals surface area contributed by atoms with Crippen molar-refractivity contribution < 1.29 is 4.79 Å². The molecule has 0 aromatic rings. The molecule has 1 heterocycles. The third kappa shape index (κ3) is 1.46. The highest BCUT2D eigenvalue weighted by Crippen LogP contribution is 2.52. The van der Waals surface area contributed by atoms with Crippen LogP contribution in [0.4, 0.5) is 0 Å². The lowest BCUT2D eigenvalue weighted by atomic mass is 10.1. The molecule has 2 aliphatic rings. The molecule has 1 saturated heterocycles. The smallest absolute Gasteiger partial charge is 0.226 e. The molecule has 1 aliphatic carbocycles. The van der Waals surface area contributed by atoms with Gasteiger partial charge >= 0.3 is 0 Å². The molecule has 1 N–H and O–H groups in total. The van der Waals surface area contributed by atoms with Crippen molar-refractivity contribution in [3.05, 3.63) is 0 Å². The molecule has 3 heteroatoms. The molecule has 0 aromatic heterocycles. The monoisotopic (exact) mass is 182 g/mol. The average Bonchev–Trinajstić information content (AvgIpc) is 2.54. The quantitative estimate of drug-likeness (QED) is 0.673. The maximum absolute atomic E-state index is 11.9. The highest BCUT2D eigenvalue weighted by atomic mass is 16.2. The number of rotatable bonds is 2. The van der Waals surface area contributed by atoms with Gasteiger partial charge in [0.05, 0.1) is 6.04 Å². The van der Waals surface area contributed by atoms with Crippen molar-refractivity contribution in [3.63, 3.8) is 0 Å². The fourth-order valence-electron chi connectivity index (χ4n) is 1.86. The number of hydrogen-bond acceptors (Lipinski definition) is 2. The Bertz CT molecular complexity index is 233. The standard InChI is InChI=1S/C10H18N2O/c1-10(2)4-8(10)9(13)12(3)7-5-11-6-7/h7-8,11H,4-6H2,1-3H3. The van der Waals surface area contributed by atoms with Crippen molar-refractivity contribution in [1.29, 1.82) is 0 Å². The minimum absolute atomic E-state index is 0.266. The third-order valence-electron chi connectivity index (χ3n) is 3.47. The number of amides is 1. The van der Waals surface area contributed by atoms with Gasteiger partial charge in [0.15, 0.2) is 0 Å². The van der Waals surface area contributed by atoms with Gasteiger partial charge < -0.3 is 10.2 Å². The summed E-state index contributed by atoms with van der Waals surface area (Å²) in [6.07, 6.45) is 1.07. The molecule has 0 bridgehead atoms. The van der Waals surface area contributed by atoms with Crippen LogP contribution in [0.5, 0.6) is 0 Å². The Morgan fingerprint density at radius 1 is 1.46 bits per heavy atom. The van der Waals surface area contributed by atoms with Gasteiger partial charge in [0.2, 0.25) is 5.91 Å². The van der Waals surface area contributed by atoms with E-state index in [4.69, 9.17) is 0 Å². The predicted octanol–water partition coefficient (Wildman–Crippen LogP) is 0.463. The first-order valence-electron chi connectivity index (χ1n) is 5.00. The van der Waals surface area contributed by atoms with E-state index in [1.807, 2.05) is 11.9 Å². The summed E-state index contributed by atoms with van der Waals surface area (Å²) in [7, 11) is 1.93. The fourth-order valence-corrected chi connectivity index (χ4v) is 1.86. The Labute approximate surface area is 79.5 Å². The van der Waals surface area contributed by atoms with Gasteiger partial charge in [0.1, 0.15) is 0 Å². The zero-order chi connectivity index (χ0) is 9.64. The third-order valence-corrected chi connectivity index (χ3v) is 3.47. The molecule has 2 rings (SSSR count). The Hall–Kier alpha value is -0.570. The fraction of sp³-hybridized carbons (Fsp3) is 0.900. The molecule has 1 unspecified atom stereocenters. The van der Waals surface area contributed by atoms with Gasteiger partial charge in [-0.2, -0.15) is 0 Å². The first-order valence-corrected chi connectivity index (χ1v) is 5.00. The molecule has 0 aromatic carbocycles. The van der Waals surface area contributed by atoms with Crippen molar-refractivity contribution >= 4 is 5.91 Å². The van der Waals surface area contributed by atoms with Crippen LogP contribution in [-0.2, 0) is 4.79 Å². The average molecular weight is 182 g/mol. The lowest BCUT2D eigenvalue weighted by Crippen LogP contribution is -2.57. The van der Waals surface area contributed by atoms with Crippen LogP contribution in [-0.4, -0.2) is 37.0 Å². The molecule has 13 heavy (non-hydrogen) atoms. The number of hydrogen-bond donors (Lipinski definition) is 1. The van der Waals surface area contributed by atoms with Crippen LogP contribution in [0.2, 0.25) is 0 Å². The highest BCUT2D eigenvalue weighted by molar-refractivity contribution is 5.82. The molecule has 0 spiro atoms. The molecule has 0 radical (unpaired) electrons. The van der Waals surface area contributed by atoms with Gasteiger partial charge in [0.25, 0.3) is 0 Å². The van der Waals surface area contributed by atoms with Gasteiger partial charge in [-0.3, -0.25) is 4.79 Å². The Balaban J connectivity index is 1.90. The van der Waals surface area contributed by atoms with Crippen molar-refractivity contribution in [3.8, 4) is 0 Å². The maximum atomic E-state index is 11.9. The molecule has 1 aliphatic heterocycles. The second-order valence-corrected chi connectivity index (χ2v) is 5.01. The highest BCUT2D eigenvalue weighted by Gasteiger charge is 2.52. The van der Waals surface area contributed by atoms with Crippen molar-refractivity contribution in [1.82, 2.24) is 10.2 Å². The van der Waals surface area contributed by atoms with E-state index >= 15 is 0 Å². The van der Waals surface area contributed by atoms with Crippen LogP contribution in [0.3, 0.4) is 0 Å². The minimum atomic E-state index is 0.266. The number of carbonyl (C=O) groups excluding carboxylic acids is 1. The van der Waals surface area contributed by atoms with E-state index in [2.05, 4.69) is 19.2 Å². The molecule has 2 fully saturated rings. The van der Waals surface area contributed by atoms with E-state index in [1.165, 1.54) is 0 Å². The topological polar surface area (TPSA) is 32.3 Å². The minimum Gasteiger partial charge on any atom is -0.340 e. The molecular formula is C10H18N2O. The van der Waals surface area contributed by atoms with Gasteiger partial charge in [-0.1, -0.05) is 13.8 Å². The summed E-state index contributed by atoms with van der Waals surface area (Å²) in [4.78, 5) is 13.8. The second kappa shape index (κ2) is 2.71. The maximum Gasteiger partial charge on any atom is 0.226 e. The second-order valence-electron chi connectivity index (χ2n) is 5.01. The normalized spacial score (nSPS) is 30.8. The van der Waals surface area contributed by atoms with Gasteiger partial charge in [0, 0.05) is 26.1 Å². The van der Waals surface area contributed by atoms with Gasteiger partial charge in [-0.25, -0.2) is 0 Å². The molecule has 3 nitrogen and oxygen atoms in total. The first-order chi connectivity index (χ1) is 6.02. The lowest BCUT2D eigenvalue weighted by Gasteiger charge is -2.36. The summed E-state index contributed by atoms with van der Waals surface area (Å²) < 4.78 is 0. The van der Waals surface area contributed by atoms with Crippen LogP contribution in [0.1, 0.15) is 20.3 Å². The van der Waals surface area contributed by atoms with Crippen molar-refractivity contribution in [2.75, 3.05) is 20.1 Å². The number of nitrogens with zero attached hydrogens (tertiary/aromatic N) is 1. The predicted molar refractivity (Wildman–Crippen MR) is 51.3 cm³/mol. The van der Waals surface area contributed by atoms with Crippen molar-refractivity contribution in [2.24, 2.45) is 11.3 Å². The SMILES string of the molecule is CN(C(=O)C1CC1(C)C)C1CNC1. The molecule has 1 saturated carbocycles. The zero-order valence-electron chi connectivity index (χ0n) is 8.63. The summed E-state index contributed by atoms with van der Waals surface area (Å²) >= 11 is 0. The summed E-state index contributed by atoms with van der Waals surface area (Å²) in [6.45, 7) is 6.27. The first kappa shape index (κ1) is 9.00. The van der Waals surface area contributed by atoms with Crippen LogP contribution in [0.25, 0.3) is 0 Å². The number of nitrogens with one attached hydrogen (secondary N) is 1. The Morgan fingerprint density at radius 2 is 2.00 bits per heavy atom. The van der Waals surface area contributed by atoms with E-state index in [0.29, 0.717) is 11.9 Å². The molecule has 1 amide bonds. The number of likely N-dealkylation sites (N-methyl/N-ethyl adjacent to an activating group) is 1. The Kier molecular flexibility index (Phi) is 1.88. The summed E-state index contributed by atoms with van der Waals surface area (Å²) in [6, 6.07) is 0.448. The van der Waals surface area contributed by atoms with Crippen molar-refractivity contribution in [2.45, 2.75) is 26.3 Å². The van der Waals surface area contributed by atoms with E-state index < -0.39 is 0 Å². The Morgan fingerprint density at radius 3 is 2.31 bits per heavy atom. The molecule has 1 atom stereocenters. The van der Waals surface area contributed by atoms with Crippen LogP contribution in [0, 0.1) is 11.3 Å². The largest absolute Gasteiger partial charge is 0.340 e. The van der Waals surface area contributed by atoms with Crippen LogP contribution in [0.15, 0.2) is 0 Å². The summed E-state index contributed by atoms with van der Waals surface area (Å²) in [5, 5.41) is 3.18. The molecule has 74 valence electrons. The van der Waals surface area contributed by atoms with E-state index in [9.17, 15) is 4.79 Å². The van der Waals surface area contributed by atoms with Crippen LogP contribution >= 0.6 is 0 Å². The van der Waals surface area contributed by atoms with E-state index in [1.54, 1.807) is 0 Å². The summed E-state index contributed by atoms with van der Waals surface area (Å²) in [5.74, 6) is 0.634. The summed E-state index contributed by atoms with van der Waals surface area (Å²) in [5.41, 5.74) is 0.266. The molecular weight excluding hydrogens is 164 g/mol. The zero-order valence-corrected chi connectivity index (χ0v) is 8.63. The number of carbonyl (C=O) groups is 1. The van der Waals surface area contributed by atoms with E-state index in [-0.39, 0.29) is 11.3 Å². The van der Waals surface area contributed by atoms with E-state index in [0.717, 1.165) is 19.5 Å². The van der Waals surface area contributed by atoms with Gasteiger partial charge in [-0.05, 0) is 11.8 Å².